The van der Waals surface area contributed by atoms with Crippen molar-refractivity contribution in [2.24, 2.45) is 11.8 Å². The van der Waals surface area contributed by atoms with E-state index in [0.717, 1.165) is 17.9 Å². The molecule has 124 valence electrons. The van der Waals surface area contributed by atoms with Crippen LogP contribution < -0.4 is 5.32 Å². The van der Waals surface area contributed by atoms with Crippen molar-refractivity contribution in [3.63, 3.8) is 0 Å². The van der Waals surface area contributed by atoms with Crippen LogP contribution in [0.1, 0.15) is 52.9 Å². The van der Waals surface area contributed by atoms with Crippen LogP contribution in [0, 0.1) is 11.8 Å². The van der Waals surface area contributed by atoms with Gasteiger partial charge in [-0.1, -0.05) is 20.3 Å². The Balaban J connectivity index is 1.89. The van der Waals surface area contributed by atoms with Crippen LogP contribution in [-0.4, -0.2) is 61.7 Å². The third-order valence-corrected chi connectivity index (χ3v) is 5.86. The Morgan fingerprint density at radius 1 is 1.14 bits per heavy atom. The van der Waals surface area contributed by atoms with Gasteiger partial charge in [0.05, 0.1) is 0 Å². The Morgan fingerprint density at radius 2 is 1.95 bits per heavy atom. The number of rotatable bonds is 6. The molecule has 1 N–H and O–H groups in total. The van der Waals surface area contributed by atoms with Crippen LogP contribution in [0.15, 0.2) is 0 Å². The van der Waals surface area contributed by atoms with Gasteiger partial charge in [0.1, 0.15) is 0 Å². The van der Waals surface area contributed by atoms with Crippen molar-refractivity contribution in [3.05, 3.63) is 0 Å². The van der Waals surface area contributed by atoms with Gasteiger partial charge in [-0.05, 0) is 58.0 Å². The molecule has 2 fully saturated rings. The SMILES string of the molecule is CCCNC1CCC(CC)CC1CN1CCN(C)C(C)C1. The zero-order valence-corrected chi connectivity index (χ0v) is 14.8. The van der Waals surface area contributed by atoms with E-state index < -0.39 is 0 Å². The van der Waals surface area contributed by atoms with E-state index in [4.69, 9.17) is 0 Å². The summed E-state index contributed by atoms with van der Waals surface area (Å²) >= 11 is 0. The Kier molecular flexibility index (Phi) is 6.97. The summed E-state index contributed by atoms with van der Waals surface area (Å²) in [6.07, 6.45) is 6.90. The molecule has 0 amide bonds. The minimum absolute atomic E-state index is 0.714. The summed E-state index contributed by atoms with van der Waals surface area (Å²) in [6, 6.07) is 1.48. The molecular weight excluding hydrogens is 258 g/mol. The van der Waals surface area contributed by atoms with Gasteiger partial charge in [0.2, 0.25) is 0 Å². The topological polar surface area (TPSA) is 18.5 Å². The van der Waals surface area contributed by atoms with Crippen molar-refractivity contribution < 1.29 is 0 Å². The van der Waals surface area contributed by atoms with Crippen molar-refractivity contribution in [2.45, 2.75) is 65.0 Å². The van der Waals surface area contributed by atoms with Crippen LogP contribution in [0.5, 0.6) is 0 Å². The van der Waals surface area contributed by atoms with E-state index in [1.165, 1.54) is 64.8 Å². The summed E-state index contributed by atoms with van der Waals surface area (Å²) < 4.78 is 0. The van der Waals surface area contributed by atoms with Crippen LogP contribution in [0.4, 0.5) is 0 Å². The molecule has 0 aromatic rings. The average molecular weight is 296 g/mol. The summed E-state index contributed by atoms with van der Waals surface area (Å²) in [4.78, 5) is 5.23. The number of hydrogen-bond donors (Lipinski definition) is 1. The fourth-order valence-corrected chi connectivity index (χ4v) is 4.15. The fourth-order valence-electron chi connectivity index (χ4n) is 4.15. The van der Waals surface area contributed by atoms with E-state index in [2.05, 4.69) is 42.9 Å². The molecule has 3 heteroatoms. The lowest BCUT2D eigenvalue weighted by atomic mass is 9.76. The van der Waals surface area contributed by atoms with Crippen LogP contribution in [0.3, 0.4) is 0 Å². The van der Waals surface area contributed by atoms with Gasteiger partial charge in [-0.3, -0.25) is 0 Å². The Hall–Kier alpha value is -0.120. The quantitative estimate of drug-likeness (QED) is 0.813. The molecule has 0 spiro atoms. The predicted molar refractivity (Wildman–Crippen MR) is 91.7 cm³/mol. The molecule has 1 aliphatic heterocycles. The third-order valence-electron chi connectivity index (χ3n) is 5.86. The molecule has 2 rings (SSSR count). The van der Waals surface area contributed by atoms with Gasteiger partial charge in [0.15, 0.2) is 0 Å². The second kappa shape index (κ2) is 8.50. The molecule has 0 radical (unpaired) electrons. The van der Waals surface area contributed by atoms with Crippen LogP contribution in [0.2, 0.25) is 0 Å². The maximum absolute atomic E-state index is 3.84. The number of nitrogens with one attached hydrogen (secondary N) is 1. The van der Waals surface area contributed by atoms with E-state index in [9.17, 15) is 0 Å². The van der Waals surface area contributed by atoms with Gasteiger partial charge in [-0.25, -0.2) is 0 Å². The third kappa shape index (κ3) is 4.94. The smallest absolute Gasteiger partial charge is 0.0192 e. The Bertz CT molecular complexity index is 294. The first-order valence-corrected chi connectivity index (χ1v) is 9.30. The molecule has 1 heterocycles. The fraction of sp³-hybridized carbons (Fsp3) is 1.00. The maximum Gasteiger partial charge on any atom is 0.0192 e. The minimum atomic E-state index is 0.714. The second-order valence-electron chi connectivity index (χ2n) is 7.50. The molecule has 21 heavy (non-hydrogen) atoms. The summed E-state index contributed by atoms with van der Waals surface area (Å²) in [5.74, 6) is 1.84. The highest BCUT2D eigenvalue weighted by atomic mass is 15.3. The van der Waals surface area contributed by atoms with Gasteiger partial charge >= 0.3 is 0 Å². The first-order chi connectivity index (χ1) is 10.1. The lowest BCUT2D eigenvalue weighted by molar-refractivity contribution is 0.0699. The van der Waals surface area contributed by atoms with Crippen molar-refractivity contribution in [1.29, 1.82) is 0 Å². The highest BCUT2D eigenvalue weighted by molar-refractivity contribution is 4.88. The highest BCUT2D eigenvalue weighted by Crippen LogP contribution is 2.32. The standard InChI is InChI=1S/C18H37N3/c1-5-9-19-18-8-7-16(6-2)12-17(18)14-21-11-10-20(4)15(3)13-21/h15-19H,5-14H2,1-4H3. The molecule has 1 saturated carbocycles. The molecule has 4 unspecified atom stereocenters. The molecule has 1 aliphatic carbocycles. The molecule has 0 bridgehead atoms. The molecular formula is C18H37N3. The lowest BCUT2D eigenvalue weighted by Gasteiger charge is -2.43. The number of nitrogens with zero attached hydrogens (tertiary/aromatic N) is 2. The van der Waals surface area contributed by atoms with Gasteiger partial charge in [-0.2, -0.15) is 0 Å². The predicted octanol–water partition coefficient (Wildman–Crippen LogP) is 2.82. The summed E-state index contributed by atoms with van der Waals surface area (Å²) in [5.41, 5.74) is 0. The van der Waals surface area contributed by atoms with E-state index in [1.807, 2.05) is 0 Å². The highest BCUT2D eigenvalue weighted by Gasteiger charge is 2.32. The van der Waals surface area contributed by atoms with Crippen LogP contribution >= 0.6 is 0 Å². The number of hydrogen-bond acceptors (Lipinski definition) is 3. The van der Waals surface area contributed by atoms with Crippen LogP contribution in [0.25, 0.3) is 0 Å². The molecule has 0 aromatic carbocycles. The van der Waals surface area contributed by atoms with E-state index >= 15 is 0 Å². The van der Waals surface area contributed by atoms with E-state index in [-0.39, 0.29) is 0 Å². The molecule has 1 saturated heterocycles. The Labute approximate surface area is 132 Å². The van der Waals surface area contributed by atoms with Crippen molar-refractivity contribution in [2.75, 3.05) is 39.8 Å². The van der Waals surface area contributed by atoms with Crippen molar-refractivity contribution in [3.8, 4) is 0 Å². The zero-order chi connectivity index (χ0) is 15.2. The van der Waals surface area contributed by atoms with Crippen molar-refractivity contribution >= 4 is 0 Å². The maximum atomic E-state index is 3.84. The van der Waals surface area contributed by atoms with Gasteiger partial charge in [0, 0.05) is 38.3 Å². The second-order valence-corrected chi connectivity index (χ2v) is 7.50. The normalized spacial score (nSPS) is 36.0. The van der Waals surface area contributed by atoms with Gasteiger partial charge in [-0.15, -0.1) is 0 Å². The molecule has 4 atom stereocenters. The average Bonchev–Trinajstić information content (AvgIpc) is 2.49. The number of piperazine rings is 1. The molecule has 3 nitrogen and oxygen atoms in total. The first-order valence-electron chi connectivity index (χ1n) is 9.30. The zero-order valence-electron chi connectivity index (χ0n) is 14.8. The largest absolute Gasteiger partial charge is 0.314 e. The summed E-state index contributed by atoms with van der Waals surface area (Å²) in [6.45, 7) is 13.3. The molecule has 2 aliphatic rings. The summed E-state index contributed by atoms with van der Waals surface area (Å²) in [7, 11) is 2.27. The Morgan fingerprint density at radius 3 is 2.62 bits per heavy atom. The number of likely N-dealkylation sites (N-methyl/N-ethyl adjacent to an activating group) is 1. The lowest BCUT2D eigenvalue weighted by Crippen LogP contribution is -2.53. The summed E-state index contributed by atoms with van der Waals surface area (Å²) in [5, 5.41) is 3.84. The molecule has 0 aromatic heterocycles. The van der Waals surface area contributed by atoms with Crippen molar-refractivity contribution in [1.82, 2.24) is 15.1 Å². The monoisotopic (exact) mass is 295 g/mol. The van der Waals surface area contributed by atoms with Gasteiger partial charge < -0.3 is 15.1 Å². The van der Waals surface area contributed by atoms with Crippen LogP contribution in [-0.2, 0) is 0 Å². The van der Waals surface area contributed by atoms with E-state index in [1.54, 1.807) is 0 Å². The first kappa shape index (κ1) is 17.2. The van der Waals surface area contributed by atoms with Gasteiger partial charge in [0.25, 0.3) is 0 Å². The van der Waals surface area contributed by atoms with E-state index in [0.29, 0.717) is 6.04 Å². The minimum Gasteiger partial charge on any atom is -0.314 e.